The molecule has 0 atom stereocenters. The predicted molar refractivity (Wildman–Crippen MR) is 89.1 cm³/mol. The molecule has 1 fully saturated rings. The van der Waals surface area contributed by atoms with Crippen molar-refractivity contribution in [3.63, 3.8) is 0 Å². The van der Waals surface area contributed by atoms with Gasteiger partial charge in [-0.3, -0.25) is 0 Å². The van der Waals surface area contributed by atoms with E-state index in [2.05, 4.69) is 12.2 Å². The topological polar surface area (TPSA) is 49.4 Å². The standard InChI is InChI=1S/C15H26N2O2S2/c1-2-9-16-10-3-4-12-21(18,19)17(14-7-8-14)13-15-6-5-11-20-15/h5-6,11,14,16H,2-4,7-10,12-13H2,1H3. The third-order valence-electron chi connectivity index (χ3n) is 3.64. The molecule has 21 heavy (non-hydrogen) atoms. The van der Waals surface area contributed by atoms with E-state index in [1.807, 2.05) is 17.5 Å². The van der Waals surface area contributed by atoms with E-state index in [1.54, 1.807) is 15.6 Å². The zero-order valence-corrected chi connectivity index (χ0v) is 14.4. The van der Waals surface area contributed by atoms with Gasteiger partial charge in [0.15, 0.2) is 0 Å². The number of nitrogens with zero attached hydrogens (tertiary/aromatic N) is 1. The van der Waals surface area contributed by atoms with Gasteiger partial charge in [0.1, 0.15) is 0 Å². The molecule has 1 saturated carbocycles. The predicted octanol–water partition coefficient (Wildman–Crippen LogP) is 2.82. The highest BCUT2D eigenvalue weighted by molar-refractivity contribution is 7.89. The van der Waals surface area contributed by atoms with Crippen molar-refractivity contribution in [2.75, 3.05) is 18.8 Å². The summed E-state index contributed by atoms with van der Waals surface area (Å²) < 4.78 is 26.8. The molecule has 0 bridgehead atoms. The number of sulfonamides is 1. The van der Waals surface area contributed by atoms with Gasteiger partial charge in [-0.1, -0.05) is 13.0 Å². The van der Waals surface area contributed by atoms with Crippen molar-refractivity contribution in [1.29, 1.82) is 0 Å². The first kappa shape index (κ1) is 16.9. The second kappa shape index (κ2) is 8.27. The molecule has 0 amide bonds. The Kier molecular flexibility index (Phi) is 6.67. The second-order valence-corrected chi connectivity index (χ2v) is 8.70. The van der Waals surface area contributed by atoms with E-state index in [1.165, 1.54) is 0 Å². The van der Waals surface area contributed by atoms with Crippen molar-refractivity contribution in [2.24, 2.45) is 0 Å². The summed E-state index contributed by atoms with van der Waals surface area (Å²) in [6.07, 6.45) is 4.82. The highest BCUT2D eigenvalue weighted by Crippen LogP contribution is 2.32. The van der Waals surface area contributed by atoms with E-state index in [9.17, 15) is 8.42 Å². The number of unbranched alkanes of at least 4 members (excludes halogenated alkanes) is 1. The molecule has 6 heteroatoms. The fraction of sp³-hybridized carbons (Fsp3) is 0.733. The van der Waals surface area contributed by atoms with E-state index in [-0.39, 0.29) is 11.8 Å². The minimum absolute atomic E-state index is 0.246. The largest absolute Gasteiger partial charge is 0.317 e. The zero-order chi connectivity index (χ0) is 15.1. The Morgan fingerprint density at radius 1 is 1.33 bits per heavy atom. The molecule has 1 heterocycles. The smallest absolute Gasteiger partial charge is 0.214 e. The monoisotopic (exact) mass is 330 g/mol. The van der Waals surface area contributed by atoms with Gasteiger partial charge in [0.2, 0.25) is 10.0 Å². The molecule has 1 aromatic heterocycles. The van der Waals surface area contributed by atoms with Crippen LogP contribution in [0.1, 0.15) is 43.9 Å². The quantitative estimate of drug-likeness (QED) is 0.635. The second-order valence-electron chi connectivity index (χ2n) is 5.63. The van der Waals surface area contributed by atoms with Gasteiger partial charge in [-0.2, -0.15) is 4.31 Å². The van der Waals surface area contributed by atoms with E-state index in [4.69, 9.17) is 0 Å². The van der Waals surface area contributed by atoms with Gasteiger partial charge in [0.05, 0.1) is 5.75 Å². The Balaban J connectivity index is 1.80. The molecule has 0 saturated heterocycles. The average molecular weight is 331 g/mol. The van der Waals surface area contributed by atoms with Crippen molar-refractivity contribution in [3.05, 3.63) is 22.4 Å². The molecule has 2 rings (SSSR count). The first-order valence-electron chi connectivity index (χ1n) is 7.86. The Hall–Kier alpha value is -0.430. The lowest BCUT2D eigenvalue weighted by molar-refractivity contribution is 0.400. The lowest BCUT2D eigenvalue weighted by atomic mass is 10.3. The zero-order valence-electron chi connectivity index (χ0n) is 12.8. The van der Waals surface area contributed by atoms with Crippen LogP contribution in [0.25, 0.3) is 0 Å². The number of hydrogen-bond acceptors (Lipinski definition) is 4. The van der Waals surface area contributed by atoms with Gasteiger partial charge in [-0.25, -0.2) is 8.42 Å². The van der Waals surface area contributed by atoms with Crippen LogP contribution in [-0.2, 0) is 16.6 Å². The van der Waals surface area contributed by atoms with Crippen molar-refractivity contribution >= 4 is 21.4 Å². The average Bonchev–Trinajstić information content (AvgIpc) is 3.16. The highest BCUT2D eigenvalue weighted by atomic mass is 32.2. The molecule has 0 radical (unpaired) electrons. The molecule has 0 spiro atoms. The molecular formula is C15H26N2O2S2. The van der Waals surface area contributed by atoms with E-state index >= 15 is 0 Å². The van der Waals surface area contributed by atoms with E-state index < -0.39 is 10.0 Å². The minimum Gasteiger partial charge on any atom is -0.317 e. The van der Waals surface area contributed by atoms with Gasteiger partial charge >= 0.3 is 0 Å². The van der Waals surface area contributed by atoms with Crippen molar-refractivity contribution in [3.8, 4) is 0 Å². The van der Waals surface area contributed by atoms with Crippen LogP contribution in [0.15, 0.2) is 17.5 Å². The lowest BCUT2D eigenvalue weighted by Crippen LogP contribution is -2.34. The first-order valence-corrected chi connectivity index (χ1v) is 10.3. The Labute approximate surface area is 132 Å². The molecule has 0 aromatic carbocycles. The summed E-state index contributed by atoms with van der Waals surface area (Å²) in [5.41, 5.74) is 0. The molecule has 120 valence electrons. The van der Waals surface area contributed by atoms with Crippen molar-refractivity contribution in [2.45, 2.75) is 51.6 Å². The summed E-state index contributed by atoms with van der Waals surface area (Å²) >= 11 is 1.63. The van der Waals surface area contributed by atoms with Crippen LogP contribution in [0.4, 0.5) is 0 Å². The van der Waals surface area contributed by atoms with Crippen LogP contribution in [-0.4, -0.2) is 37.6 Å². The highest BCUT2D eigenvalue weighted by Gasteiger charge is 2.36. The van der Waals surface area contributed by atoms with Gasteiger partial charge in [-0.05, 0) is 56.6 Å². The molecule has 4 nitrogen and oxygen atoms in total. The molecule has 0 unspecified atom stereocenters. The molecule has 1 aromatic rings. The fourth-order valence-electron chi connectivity index (χ4n) is 2.33. The normalized spacial score (nSPS) is 15.7. The van der Waals surface area contributed by atoms with Crippen molar-refractivity contribution < 1.29 is 8.42 Å². The molecule has 0 aliphatic heterocycles. The van der Waals surface area contributed by atoms with Crippen LogP contribution in [0.2, 0.25) is 0 Å². The van der Waals surface area contributed by atoms with Crippen LogP contribution < -0.4 is 5.32 Å². The summed E-state index contributed by atoms with van der Waals surface area (Å²) in [5.74, 6) is 0.280. The number of thiophene rings is 1. The van der Waals surface area contributed by atoms with Gasteiger partial charge in [-0.15, -0.1) is 11.3 Å². The summed E-state index contributed by atoms with van der Waals surface area (Å²) in [4.78, 5) is 1.13. The van der Waals surface area contributed by atoms with Crippen LogP contribution in [0.5, 0.6) is 0 Å². The third kappa shape index (κ3) is 5.70. The van der Waals surface area contributed by atoms with E-state index in [0.717, 1.165) is 50.1 Å². The Morgan fingerprint density at radius 2 is 2.14 bits per heavy atom. The number of nitrogens with one attached hydrogen (secondary N) is 1. The number of rotatable bonds is 11. The number of hydrogen-bond donors (Lipinski definition) is 1. The summed E-state index contributed by atoms with van der Waals surface area (Å²) in [6.45, 7) is 4.62. The maximum Gasteiger partial charge on any atom is 0.214 e. The third-order valence-corrected chi connectivity index (χ3v) is 6.44. The maximum atomic E-state index is 12.5. The van der Waals surface area contributed by atoms with Crippen LogP contribution >= 0.6 is 11.3 Å². The molecule has 1 N–H and O–H groups in total. The summed E-state index contributed by atoms with van der Waals surface area (Å²) in [5, 5.41) is 5.32. The van der Waals surface area contributed by atoms with Gasteiger partial charge < -0.3 is 5.32 Å². The summed E-state index contributed by atoms with van der Waals surface area (Å²) in [6, 6.07) is 4.25. The van der Waals surface area contributed by atoms with Crippen LogP contribution in [0.3, 0.4) is 0 Å². The summed E-state index contributed by atoms with van der Waals surface area (Å²) in [7, 11) is -3.12. The van der Waals surface area contributed by atoms with Crippen LogP contribution in [0, 0.1) is 0 Å². The van der Waals surface area contributed by atoms with Gasteiger partial charge in [0.25, 0.3) is 0 Å². The minimum atomic E-state index is -3.12. The first-order chi connectivity index (χ1) is 10.1. The fourth-order valence-corrected chi connectivity index (χ4v) is 4.92. The Bertz CT molecular complexity index is 496. The van der Waals surface area contributed by atoms with E-state index in [0.29, 0.717) is 6.54 Å². The SMILES string of the molecule is CCCNCCCCS(=O)(=O)N(Cc1cccs1)C1CC1. The molecular weight excluding hydrogens is 304 g/mol. The lowest BCUT2D eigenvalue weighted by Gasteiger charge is -2.21. The van der Waals surface area contributed by atoms with Gasteiger partial charge in [0, 0.05) is 17.5 Å². The van der Waals surface area contributed by atoms with Crippen molar-refractivity contribution in [1.82, 2.24) is 9.62 Å². The maximum absolute atomic E-state index is 12.5. The molecule has 1 aliphatic carbocycles. The Morgan fingerprint density at radius 3 is 2.76 bits per heavy atom. The molecule has 1 aliphatic rings.